The van der Waals surface area contributed by atoms with Gasteiger partial charge in [0, 0.05) is 59.5 Å². The zero-order chi connectivity index (χ0) is 19.7. The smallest absolute Gasteiger partial charge is 0.276 e. The molecule has 0 radical (unpaired) electrons. The van der Waals surface area contributed by atoms with E-state index in [0.717, 1.165) is 6.42 Å². The maximum absolute atomic E-state index is 12.6. The molecular formula is C18H24N6O3. The molecule has 0 spiro atoms. The van der Waals surface area contributed by atoms with Crippen molar-refractivity contribution in [1.82, 2.24) is 24.9 Å². The van der Waals surface area contributed by atoms with Crippen LogP contribution in [0.3, 0.4) is 0 Å². The van der Waals surface area contributed by atoms with Crippen LogP contribution in [0.5, 0.6) is 0 Å². The van der Waals surface area contributed by atoms with E-state index in [1.165, 1.54) is 4.90 Å². The van der Waals surface area contributed by atoms with Crippen LogP contribution >= 0.6 is 0 Å². The second-order valence-corrected chi connectivity index (χ2v) is 7.12. The lowest BCUT2D eigenvalue weighted by molar-refractivity contribution is 0.0780. The molecule has 9 nitrogen and oxygen atoms in total. The first-order chi connectivity index (χ1) is 12.8. The van der Waals surface area contributed by atoms with Crippen LogP contribution in [-0.2, 0) is 0 Å². The average molecular weight is 372 g/mol. The Labute approximate surface area is 158 Å². The van der Waals surface area contributed by atoms with E-state index in [9.17, 15) is 9.59 Å². The lowest BCUT2D eigenvalue weighted by Gasteiger charge is -2.20. The van der Waals surface area contributed by atoms with Gasteiger partial charge >= 0.3 is 0 Å². The zero-order valence-corrected chi connectivity index (χ0v) is 16.3. The van der Waals surface area contributed by atoms with Gasteiger partial charge in [0.2, 0.25) is 5.95 Å². The highest BCUT2D eigenvalue weighted by atomic mass is 16.5. The van der Waals surface area contributed by atoms with E-state index < -0.39 is 0 Å². The van der Waals surface area contributed by atoms with Gasteiger partial charge in [-0.05, 0) is 13.3 Å². The summed E-state index contributed by atoms with van der Waals surface area (Å²) < 4.78 is 5.00. The Bertz CT molecular complexity index is 861. The number of carbonyl (C=O) groups is 2. The molecule has 0 bridgehead atoms. The van der Waals surface area contributed by atoms with Crippen molar-refractivity contribution in [3.8, 4) is 0 Å². The summed E-state index contributed by atoms with van der Waals surface area (Å²) in [5.74, 6) is 0.781. The number of hydrogen-bond donors (Lipinski definition) is 0. The number of hydrogen-bond acceptors (Lipinski definition) is 7. The molecule has 1 fully saturated rings. The van der Waals surface area contributed by atoms with Crippen molar-refractivity contribution in [2.45, 2.75) is 19.3 Å². The van der Waals surface area contributed by atoms with Crippen molar-refractivity contribution >= 4 is 17.8 Å². The molecule has 1 saturated heterocycles. The Morgan fingerprint density at radius 3 is 2.59 bits per heavy atom. The highest BCUT2D eigenvalue weighted by molar-refractivity contribution is 5.95. The van der Waals surface area contributed by atoms with Crippen molar-refractivity contribution in [3.63, 3.8) is 0 Å². The van der Waals surface area contributed by atoms with Gasteiger partial charge in [-0.1, -0.05) is 5.16 Å². The van der Waals surface area contributed by atoms with Crippen molar-refractivity contribution in [1.29, 1.82) is 0 Å². The minimum atomic E-state index is -0.170. The first-order valence-electron chi connectivity index (χ1n) is 8.76. The number of likely N-dealkylation sites (tertiary alicyclic amines) is 1. The van der Waals surface area contributed by atoms with Crippen molar-refractivity contribution in [3.05, 3.63) is 35.0 Å². The number of aromatic nitrogens is 3. The van der Waals surface area contributed by atoms with Gasteiger partial charge in [-0.3, -0.25) is 9.59 Å². The molecule has 9 heteroatoms. The minimum Gasteiger partial charge on any atom is -0.361 e. The summed E-state index contributed by atoms with van der Waals surface area (Å²) in [6.45, 7) is 2.80. The number of carbonyl (C=O) groups excluding carboxylic acids is 2. The molecule has 2 amide bonds. The number of amides is 2. The fourth-order valence-electron chi connectivity index (χ4n) is 3.11. The summed E-state index contributed by atoms with van der Waals surface area (Å²) in [6.07, 6.45) is 2.30. The van der Waals surface area contributed by atoms with Gasteiger partial charge in [0.05, 0.1) is 11.3 Å². The fraction of sp³-hybridized carbons (Fsp3) is 0.500. The Morgan fingerprint density at radius 2 is 2.00 bits per heavy atom. The molecule has 1 unspecified atom stereocenters. The van der Waals surface area contributed by atoms with Crippen LogP contribution in [0.15, 0.2) is 16.8 Å². The normalized spacial score (nSPS) is 16.5. The van der Waals surface area contributed by atoms with Crippen molar-refractivity contribution in [2.75, 3.05) is 46.2 Å². The maximum atomic E-state index is 12.6. The van der Waals surface area contributed by atoms with Crippen molar-refractivity contribution < 1.29 is 14.1 Å². The number of aryl methyl sites for hydroxylation is 1. The van der Waals surface area contributed by atoms with Crippen LogP contribution in [0.2, 0.25) is 0 Å². The molecule has 3 heterocycles. The second-order valence-electron chi connectivity index (χ2n) is 7.12. The summed E-state index contributed by atoms with van der Waals surface area (Å²) in [5, 5.41) is 3.81. The third kappa shape index (κ3) is 3.76. The van der Waals surface area contributed by atoms with Crippen LogP contribution in [0.1, 0.15) is 44.6 Å². The Hall–Kier alpha value is -2.97. The van der Waals surface area contributed by atoms with Crippen LogP contribution in [-0.4, -0.2) is 78.0 Å². The standard InChI is InChI=1S/C18H24N6O3/c1-11-8-14(21-27-11)17(26)24-7-6-12(10-24)15-13(16(25)22(2)3)9-19-18(20-15)23(4)5/h8-9,12H,6-7,10H2,1-5H3. The zero-order valence-electron chi connectivity index (χ0n) is 16.3. The lowest BCUT2D eigenvalue weighted by atomic mass is 9.99. The molecule has 2 aromatic heterocycles. The third-order valence-corrected chi connectivity index (χ3v) is 4.55. The Balaban J connectivity index is 1.88. The van der Waals surface area contributed by atoms with Gasteiger partial charge in [0.15, 0.2) is 5.69 Å². The van der Waals surface area contributed by atoms with E-state index in [1.54, 1.807) is 43.1 Å². The summed E-state index contributed by atoms with van der Waals surface area (Å²) in [5.41, 5.74) is 1.45. The van der Waals surface area contributed by atoms with Gasteiger partial charge < -0.3 is 19.2 Å². The van der Waals surface area contributed by atoms with E-state index >= 15 is 0 Å². The van der Waals surface area contributed by atoms with E-state index in [4.69, 9.17) is 4.52 Å². The summed E-state index contributed by atoms with van der Waals surface area (Å²) in [4.78, 5) is 39.1. The Kier molecular flexibility index (Phi) is 5.11. The Morgan fingerprint density at radius 1 is 1.26 bits per heavy atom. The quantitative estimate of drug-likeness (QED) is 0.795. The summed E-state index contributed by atoms with van der Waals surface area (Å²) >= 11 is 0. The number of rotatable bonds is 4. The molecule has 0 N–H and O–H groups in total. The monoisotopic (exact) mass is 372 g/mol. The molecule has 0 aliphatic carbocycles. The maximum Gasteiger partial charge on any atom is 0.276 e. The second kappa shape index (κ2) is 7.34. The van der Waals surface area contributed by atoms with Gasteiger partial charge in [0.25, 0.3) is 11.8 Å². The average Bonchev–Trinajstić information content (AvgIpc) is 3.29. The van der Waals surface area contributed by atoms with Crippen LogP contribution in [0.4, 0.5) is 5.95 Å². The van der Waals surface area contributed by atoms with E-state index in [1.807, 2.05) is 14.1 Å². The van der Waals surface area contributed by atoms with Crippen LogP contribution in [0, 0.1) is 6.92 Å². The number of nitrogens with zero attached hydrogens (tertiary/aromatic N) is 6. The molecule has 27 heavy (non-hydrogen) atoms. The minimum absolute atomic E-state index is 0.0393. The predicted octanol–water partition coefficient (Wildman–Crippen LogP) is 1.17. The molecule has 1 atom stereocenters. The molecule has 0 saturated carbocycles. The molecule has 1 aliphatic heterocycles. The van der Waals surface area contributed by atoms with Gasteiger partial charge in [-0.15, -0.1) is 0 Å². The molecule has 0 aromatic carbocycles. The topological polar surface area (TPSA) is 95.7 Å². The first kappa shape index (κ1) is 18.8. The molecular weight excluding hydrogens is 348 g/mol. The largest absolute Gasteiger partial charge is 0.361 e. The van der Waals surface area contributed by atoms with E-state index in [2.05, 4.69) is 15.1 Å². The van der Waals surface area contributed by atoms with E-state index in [-0.39, 0.29) is 17.7 Å². The highest BCUT2D eigenvalue weighted by Gasteiger charge is 2.33. The number of anilines is 1. The highest BCUT2D eigenvalue weighted by Crippen LogP contribution is 2.30. The fourth-order valence-corrected chi connectivity index (χ4v) is 3.11. The molecule has 144 valence electrons. The predicted molar refractivity (Wildman–Crippen MR) is 98.9 cm³/mol. The van der Waals surface area contributed by atoms with Gasteiger partial charge in [-0.2, -0.15) is 0 Å². The van der Waals surface area contributed by atoms with Crippen LogP contribution in [0.25, 0.3) is 0 Å². The van der Waals surface area contributed by atoms with Crippen molar-refractivity contribution in [2.24, 2.45) is 0 Å². The molecule has 2 aromatic rings. The van der Waals surface area contributed by atoms with Gasteiger partial charge in [0.1, 0.15) is 5.76 Å². The lowest BCUT2D eigenvalue weighted by Crippen LogP contribution is -2.30. The SMILES string of the molecule is Cc1cc(C(=O)N2CCC(c3nc(N(C)C)ncc3C(=O)N(C)C)C2)no1. The van der Waals surface area contributed by atoms with Gasteiger partial charge in [-0.25, -0.2) is 9.97 Å². The van der Waals surface area contributed by atoms with Crippen LogP contribution < -0.4 is 4.90 Å². The first-order valence-corrected chi connectivity index (χ1v) is 8.76. The third-order valence-electron chi connectivity index (χ3n) is 4.55. The molecule has 1 aliphatic rings. The molecule has 3 rings (SSSR count). The summed E-state index contributed by atoms with van der Waals surface area (Å²) in [6, 6.07) is 1.63. The summed E-state index contributed by atoms with van der Waals surface area (Å²) in [7, 11) is 7.10. The van der Waals surface area contributed by atoms with E-state index in [0.29, 0.717) is 41.7 Å².